The lowest BCUT2D eigenvalue weighted by molar-refractivity contribution is -0.0481. The Labute approximate surface area is 301 Å². The molecule has 0 aromatic heterocycles. The Morgan fingerprint density at radius 2 is 0.688 bits per heavy atom. The van der Waals surface area contributed by atoms with E-state index in [0.717, 1.165) is 39.1 Å². The largest absolute Gasteiger partial charge is 0.374 e. The lowest BCUT2D eigenvalue weighted by Crippen LogP contribution is -2.30. The molecule has 0 radical (unpaired) electrons. The molecule has 0 aliphatic carbocycles. The highest BCUT2D eigenvalue weighted by atomic mass is 16.5. The van der Waals surface area contributed by atoms with E-state index in [0.29, 0.717) is 0 Å². The Hall–Kier alpha value is -1.16. The second kappa shape index (κ2) is 37.1. The van der Waals surface area contributed by atoms with E-state index >= 15 is 0 Å². The van der Waals surface area contributed by atoms with E-state index < -0.39 is 0 Å². The summed E-state index contributed by atoms with van der Waals surface area (Å²) in [6, 6.07) is 0. The van der Waals surface area contributed by atoms with Gasteiger partial charge in [0.15, 0.2) is 0 Å². The fraction of sp³-hybridized carbons (Fsp3) is 0.822. The predicted octanol–water partition coefficient (Wildman–Crippen LogP) is 13.9. The molecule has 0 aromatic carbocycles. The molecule has 2 atom stereocenters. The summed E-state index contributed by atoms with van der Waals surface area (Å²) in [6.45, 7) is 8.36. The zero-order valence-corrected chi connectivity index (χ0v) is 32.7. The maximum atomic E-state index is 6.32. The lowest BCUT2D eigenvalue weighted by atomic mass is 10.1. The molecule has 0 aromatic rings. The van der Waals surface area contributed by atoms with Crippen LogP contribution in [0.5, 0.6) is 0 Å². The van der Waals surface area contributed by atoms with E-state index in [2.05, 4.69) is 74.4 Å². The summed E-state index contributed by atoms with van der Waals surface area (Å²) in [7, 11) is 2.20. The molecule has 0 saturated carbocycles. The highest BCUT2D eigenvalue weighted by Crippen LogP contribution is 2.18. The van der Waals surface area contributed by atoms with Crippen molar-refractivity contribution in [3.63, 3.8) is 0 Å². The van der Waals surface area contributed by atoms with Crippen LogP contribution in [0.1, 0.15) is 194 Å². The molecule has 1 fully saturated rings. The third-order valence-corrected chi connectivity index (χ3v) is 9.75. The quantitative estimate of drug-likeness (QED) is 0.0489. The van der Waals surface area contributed by atoms with Gasteiger partial charge in [-0.3, -0.25) is 0 Å². The first kappa shape index (κ1) is 44.9. The molecule has 1 aliphatic heterocycles. The summed E-state index contributed by atoms with van der Waals surface area (Å²) in [4.78, 5) is 2.38. The molecule has 1 rings (SSSR count). The van der Waals surface area contributed by atoms with Crippen LogP contribution in [-0.4, -0.2) is 50.5 Å². The van der Waals surface area contributed by atoms with E-state index in [4.69, 9.17) is 9.47 Å². The van der Waals surface area contributed by atoms with Crippen molar-refractivity contribution in [2.75, 3.05) is 33.4 Å². The van der Waals surface area contributed by atoms with Gasteiger partial charge in [-0.05, 0) is 84.1 Å². The average molecular weight is 670 g/mol. The summed E-state index contributed by atoms with van der Waals surface area (Å²) in [5.41, 5.74) is 0. The molecule has 0 amide bonds. The van der Waals surface area contributed by atoms with Crippen molar-refractivity contribution in [1.29, 1.82) is 0 Å². The maximum absolute atomic E-state index is 6.32. The minimum absolute atomic E-state index is 0.257. The first-order chi connectivity index (χ1) is 23.8. The summed E-state index contributed by atoms with van der Waals surface area (Å²) in [6.07, 6.45) is 56.1. The van der Waals surface area contributed by atoms with Crippen molar-refractivity contribution in [1.82, 2.24) is 4.90 Å². The number of ether oxygens (including phenoxy) is 2. The molecule has 3 heteroatoms. The van der Waals surface area contributed by atoms with Gasteiger partial charge in [-0.15, -0.1) is 0 Å². The number of hydrogen-bond acceptors (Lipinski definition) is 3. The molecule has 1 heterocycles. The molecule has 3 nitrogen and oxygen atoms in total. The Kier molecular flexibility index (Phi) is 34.7. The van der Waals surface area contributed by atoms with E-state index in [1.54, 1.807) is 0 Å². The number of nitrogens with zero attached hydrogens (tertiary/aromatic N) is 1. The monoisotopic (exact) mass is 670 g/mol. The number of likely N-dealkylation sites (tertiary alicyclic amines) is 1. The first-order valence-corrected chi connectivity index (χ1v) is 21.3. The summed E-state index contributed by atoms with van der Waals surface area (Å²) in [5.74, 6) is 0. The van der Waals surface area contributed by atoms with Gasteiger partial charge < -0.3 is 14.4 Å². The predicted molar refractivity (Wildman–Crippen MR) is 214 cm³/mol. The first-order valence-electron chi connectivity index (χ1n) is 21.3. The smallest absolute Gasteiger partial charge is 0.0975 e. The molecule has 1 unspecified atom stereocenters. The van der Waals surface area contributed by atoms with Crippen molar-refractivity contribution in [3.8, 4) is 0 Å². The van der Waals surface area contributed by atoms with Crippen LogP contribution in [-0.2, 0) is 9.47 Å². The SMILES string of the molecule is CCCCCC=CCC=CCCCCCCCCCCOC1CN(C)C[C@H]1OCCCCCCCCCCC=CCC=CCCCCC. The molecule has 0 bridgehead atoms. The van der Waals surface area contributed by atoms with Gasteiger partial charge in [0, 0.05) is 26.3 Å². The molecule has 280 valence electrons. The third kappa shape index (κ3) is 30.9. The van der Waals surface area contributed by atoms with Crippen molar-refractivity contribution in [2.45, 2.75) is 206 Å². The summed E-state index contributed by atoms with van der Waals surface area (Å²) in [5, 5.41) is 0. The van der Waals surface area contributed by atoms with Gasteiger partial charge in [-0.1, -0.05) is 165 Å². The molecule has 48 heavy (non-hydrogen) atoms. The number of unbranched alkanes of at least 4 members (excludes halogenated alkanes) is 22. The van der Waals surface area contributed by atoms with Crippen LogP contribution < -0.4 is 0 Å². The van der Waals surface area contributed by atoms with E-state index in [1.165, 1.54) is 167 Å². The van der Waals surface area contributed by atoms with Gasteiger partial charge in [-0.25, -0.2) is 0 Å². The van der Waals surface area contributed by atoms with Gasteiger partial charge in [0.05, 0.1) is 12.2 Å². The minimum Gasteiger partial charge on any atom is -0.374 e. The maximum Gasteiger partial charge on any atom is 0.0975 e. The van der Waals surface area contributed by atoms with Crippen molar-refractivity contribution in [3.05, 3.63) is 48.6 Å². The topological polar surface area (TPSA) is 21.7 Å². The Bertz CT molecular complexity index is 694. The Morgan fingerprint density at radius 1 is 0.396 bits per heavy atom. The lowest BCUT2D eigenvalue weighted by Gasteiger charge is -2.20. The molecule has 1 saturated heterocycles. The third-order valence-electron chi connectivity index (χ3n) is 9.75. The summed E-state index contributed by atoms with van der Waals surface area (Å²) >= 11 is 0. The van der Waals surface area contributed by atoms with Crippen LogP contribution >= 0.6 is 0 Å². The van der Waals surface area contributed by atoms with E-state index in [1.807, 2.05) is 0 Å². The van der Waals surface area contributed by atoms with E-state index in [9.17, 15) is 0 Å². The van der Waals surface area contributed by atoms with Gasteiger partial charge >= 0.3 is 0 Å². The molecule has 0 spiro atoms. The summed E-state index contributed by atoms with van der Waals surface area (Å²) < 4.78 is 12.6. The fourth-order valence-electron chi connectivity index (χ4n) is 6.60. The van der Waals surface area contributed by atoms with Crippen molar-refractivity contribution >= 4 is 0 Å². The second-order valence-corrected chi connectivity index (χ2v) is 14.6. The molecule has 1 aliphatic rings. The fourth-order valence-corrected chi connectivity index (χ4v) is 6.60. The van der Waals surface area contributed by atoms with Crippen LogP contribution in [0.4, 0.5) is 0 Å². The zero-order valence-electron chi connectivity index (χ0n) is 32.7. The zero-order chi connectivity index (χ0) is 34.4. The number of allylic oxidation sites excluding steroid dienone is 8. The Morgan fingerprint density at radius 3 is 1.02 bits per heavy atom. The van der Waals surface area contributed by atoms with Gasteiger partial charge in [0.25, 0.3) is 0 Å². The second-order valence-electron chi connectivity index (χ2n) is 14.6. The number of hydrogen-bond donors (Lipinski definition) is 0. The van der Waals surface area contributed by atoms with Crippen LogP contribution in [0.25, 0.3) is 0 Å². The van der Waals surface area contributed by atoms with Crippen LogP contribution in [0.3, 0.4) is 0 Å². The molecular weight excluding hydrogens is 587 g/mol. The Balaban J connectivity index is 1.87. The van der Waals surface area contributed by atoms with Crippen molar-refractivity contribution in [2.24, 2.45) is 0 Å². The van der Waals surface area contributed by atoms with Gasteiger partial charge in [0.2, 0.25) is 0 Å². The average Bonchev–Trinajstić information content (AvgIpc) is 3.45. The van der Waals surface area contributed by atoms with Gasteiger partial charge in [0.1, 0.15) is 0 Å². The normalized spacial score (nSPS) is 17.5. The molecular formula is C45H83NO2. The number of rotatable bonds is 36. The highest BCUT2D eigenvalue weighted by molar-refractivity contribution is 4.93. The van der Waals surface area contributed by atoms with Crippen LogP contribution in [0.2, 0.25) is 0 Å². The highest BCUT2D eigenvalue weighted by Gasteiger charge is 2.32. The van der Waals surface area contributed by atoms with Crippen LogP contribution in [0, 0.1) is 0 Å². The molecule has 0 N–H and O–H groups in total. The van der Waals surface area contributed by atoms with Gasteiger partial charge in [-0.2, -0.15) is 0 Å². The minimum atomic E-state index is 0.257. The number of likely N-dealkylation sites (N-methyl/N-ethyl adjacent to an activating group) is 1. The van der Waals surface area contributed by atoms with E-state index in [-0.39, 0.29) is 12.2 Å². The van der Waals surface area contributed by atoms with Crippen LogP contribution in [0.15, 0.2) is 48.6 Å². The standard InChI is InChI=1S/C45H83NO2/c1-4-6-8-10-12-14-16-18-20-22-24-26-28-30-32-34-36-38-40-47-44-42-46(3)43-45(44)48-41-39-37-35-33-31-29-27-25-23-21-19-17-15-13-11-9-7-5-2/h12-15,18-21,44-45H,4-11,16-17,22-43H2,1-3H3/t44-,45?/m1/s1. The van der Waals surface area contributed by atoms with Crippen molar-refractivity contribution < 1.29 is 9.47 Å².